The number of nitrogens with one attached hydrogen (secondary N) is 1. The fraction of sp³-hybridized carbons (Fsp3) is 0.176. The largest absolute Gasteiger partial charge is 0.338 e. The molecule has 0 bridgehead atoms. The van der Waals surface area contributed by atoms with Crippen molar-refractivity contribution >= 4 is 10.0 Å². The molecule has 1 aromatic heterocycles. The van der Waals surface area contributed by atoms with Gasteiger partial charge in [0.1, 0.15) is 5.82 Å². The van der Waals surface area contributed by atoms with E-state index >= 15 is 0 Å². The smallest absolute Gasteiger partial charge is 0.242 e. The van der Waals surface area contributed by atoms with Crippen LogP contribution in [0.1, 0.15) is 17.0 Å². The van der Waals surface area contributed by atoms with Gasteiger partial charge in [0.2, 0.25) is 21.7 Å². The third kappa shape index (κ3) is 3.75. The van der Waals surface area contributed by atoms with Crippen molar-refractivity contribution in [1.29, 1.82) is 0 Å². The van der Waals surface area contributed by atoms with E-state index in [1.807, 2.05) is 31.2 Å². The van der Waals surface area contributed by atoms with Gasteiger partial charge in [0, 0.05) is 5.56 Å². The summed E-state index contributed by atoms with van der Waals surface area (Å²) in [5.41, 5.74) is 2.12. The highest BCUT2D eigenvalue weighted by Gasteiger charge is 2.19. The summed E-state index contributed by atoms with van der Waals surface area (Å²) in [6, 6.07) is 11.0. The fourth-order valence-electron chi connectivity index (χ4n) is 2.41. The Hall–Kier alpha value is -2.58. The van der Waals surface area contributed by atoms with Crippen LogP contribution in [-0.4, -0.2) is 18.6 Å². The second-order valence-electron chi connectivity index (χ2n) is 5.56. The molecular formula is C17H16FN3O3S. The predicted octanol–water partition coefficient (Wildman–Crippen LogP) is 2.97. The van der Waals surface area contributed by atoms with Crippen LogP contribution in [-0.2, 0) is 16.6 Å². The Labute approximate surface area is 144 Å². The molecule has 0 atom stereocenters. The molecule has 3 rings (SSSR count). The molecule has 0 unspecified atom stereocenters. The van der Waals surface area contributed by atoms with Crippen molar-refractivity contribution in [2.24, 2.45) is 0 Å². The van der Waals surface area contributed by atoms with E-state index in [1.54, 1.807) is 0 Å². The maximum absolute atomic E-state index is 13.1. The predicted molar refractivity (Wildman–Crippen MR) is 89.6 cm³/mol. The average Bonchev–Trinajstić information content (AvgIpc) is 3.02. The summed E-state index contributed by atoms with van der Waals surface area (Å²) in [6.07, 6.45) is 0. The Bertz CT molecular complexity index is 1020. The Morgan fingerprint density at radius 2 is 1.88 bits per heavy atom. The lowest BCUT2D eigenvalue weighted by Gasteiger charge is -2.07. The van der Waals surface area contributed by atoms with Crippen LogP contribution in [0.3, 0.4) is 0 Å². The average molecular weight is 361 g/mol. The first kappa shape index (κ1) is 17.2. The first-order valence-corrected chi connectivity index (χ1v) is 8.99. The summed E-state index contributed by atoms with van der Waals surface area (Å²) >= 11 is 0. The van der Waals surface area contributed by atoms with E-state index in [1.165, 1.54) is 13.0 Å². The van der Waals surface area contributed by atoms with Crippen molar-refractivity contribution in [2.45, 2.75) is 25.3 Å². The molecule has 0 saturated carbocycles. The molecule has 8 heteroatoms. The lowest BCUT2D eigenvalue weighted by Crippen LogP contribution is -2.24. The van der Waals surface area contributed by atoms with Crippen LogP contribution < -0.4 is 4.72 Å². The van der Waals surface area contributed by atoms with Gasteiger partial charge in [-0.1, -0.05) is 29.4 Å². The number of aromatic nitrogens is 2. The minimum atomic E-state index is -3.81. The number of hydrogen-bond acceptors (Lipinski definition) is 5. The molecule has 2 aromatic carbocycles. The molecule has 3 aromatic rings. The highest BCUT2D eigenvalue weighted by atomic mass is 32.2. The maximum Gasteiger partial charge on any atom is 0.242 e. The van der Waals surface area contributed by atoms with E-state index < -0.39 is 15.8 Å². The summed E-state index contributed by atoms with van der Waals surface area (Å²) in [6.45, 7) is 3.30. The molecule has 0 aliphatic rings. The molecule has 0 aliphatic carbocycles. The number of aryl methyl sites for hydroxylation is 2. The maximum atomic E-state index is 13.1. The van der Waals surface area contributed by atoms with Gasteiger partial charge in [-0.3, -0.25) is 0 Å². The Balaban J connectivity index is 1.77. The highest BCUT2D eigenvalue weighted by molar-refractivity contribution is 7.89. The van der Waals surface area contributed by atoms with E-state index in [4.69, 9.17) is 4.52 Å². The number of halogens is 1. The molecule has 0 aliphatic heterocycles. The van der Waals surface area contributed by atoms with Gasteiger partial charge in [-0.2, -0.15) is 4.98 Å². The van der Waals surface area contributed by atoms with Crippen LogP contribution in [0.5, 0.6) is 0 Å². The van der Waals surface area contributed by atoms with Gasteiger partial charge in [-0.15, -0.1) is 0 Å². The number of rotatable bonds is 5. The first-order valence-electron chi connectivity index (χ1n) is 7.51. The van der Waals surface area contributed by atoms with E-state index in [9.17, 15) is 12.8 Å². The zero-order valence-corrected chi connectivity index (χ0v) is 14.5. The second kappa shape index (κ2) is 6.73. The van der Waals surface area contributed by atoms with Gasteiger partial charge in [0.05, 0.1) is 11.4 Å². The zero-order valence-electron chi connectivity index (χ0n) is 13.7. The minimum absolute atomic E-state index is 0.00698. The SMILES string of the molecule is Cc1ccccc1-c1noc(CNS(=O)(=O)c2ccc(F)cc2C)n1. The van der Waals surface area contributed by atoms with Crippen molar-refractivity contribution in [2.75, 3.05) is 0 Å². The molecule has 130 valence electrons. The van der Waals surface area contributed by atoms with Crippen molar-refractivity contribution in [1.82, 2.24) is 14.9 Å². The van der Waals surface area contributed by atoms with Crippen molar-refractivity contribution < 1.29 is 17.3 Å². The quantitative estimate of drug-likeness (QED) is 0.755. The molecule has 25 heavy (non-hydrogen) atoms. The standard InChI is InChI=1S/C17H16FN3O3S/c1-11-5-3-4-6-14(11)17-20-16(24-21-17)10-19-25(22,23)15-8-7-13(18)9-12(15)2/h3-9,19H,10H2,1-2H3. The van der Waals surface area contributed by atoms with E-state index in [2.05, 4.69) is 14.9 Å². The summed E-state index contributed by atoms with van der Waals surface area (Å²) < 4.78 is 45.3. The Kier molecular flexibility index (Phi) is 4.65. The van der Waals surface area contributed by atoms with Gasteiger partial charge >= 0.3 is 0 Å². The summed E-state index contributed by atoms with van der Waals surface area (Å²) in [5, 5.41) is 3.88. The molecule has 1 N–H and O–H groups in total. The number of nitrogens with zero attached hydrogens (tertiary/aromatic N) is 2. The summed E-state index contributed by atoms with van der Waals surface area (Å²) in [5.74, 6) is 0.0445. The summed E-state index contributed by atoms with van der Waals surface area (Å²) in [4.78, 5) is 4.22. The topological polar surface area (TPSA) is 85.1 Å². The van der Waals surface area contributed by atoms with E-state index in [-0.39, 0.29) is 17.3 Å². The van der Waals surface area contributed by atoms with Crippen LogP contribution in [0, 0.1) is 19.7 Å². The summed E-state index contributed by atoms with van der Waals surface area (Å²) in [7, 11) is -3.81. The van der Waals surface area contributed by atoms with Gasteiger partial charge in [0.25, 0.3) is 0 Å². The lowest BCUT2D eigenvalue weighted by molar-refractivity contribution is 0.376. The van der Waals surface area contributed by atoms with Crippen LogP contribution in [0.25, 0.3) is 11.4 Å². The fourth-order valence-corrected chi connectivity index (χ4v) is 3.61. The molecule has 0 radical (unpaired) electrons. The Morgan fingerprint density at radius 1 is 1.12 bits per heavy atom. The second-order valence-corrected chi connectivity index (χ2v) is 7.30. The normalized spacial score (nSPS) is 11.6. The van der Waals surface area contributed by atoms with E-state index in [0.717, 1.165) is 23.3 Å². The van der Waals surface area contributed by atoms with E-state index in [0.29, 0.717) is 11.4 Å². The van der Waals surface area contributed by atoms with Crippen molar-refractivity contribution in [3.63, 3.8) is 0 Å². The van der Waals surface area contributed by atoms with Crippen LogP contribution in [0.4, 0.5) is 4.39 Å². The number of hydrogen-bond donors (Lipinski definition) is 1. The van der Waals surface area contributed by atoms with Crippen LogP contribution in [0.2, 0.25) is 0 Å². The monoisotopic (exact) mass is 361 g/mol. The van der Waals surface area contributed by atoms with Gasteiger partial charge in [0.15, 0.2) is 0 Å². The van der Waals surface area contributed by atoms with Crippen molar-refractivity contribution in [3.8, 4) is 11.4 Å². The molecule has 1 heterocycles. The number of benzene rings is 2. The van der Waals surface area contributed by atoms with Gasteiger partial charge < -0.3 is 4.52 Å². The molecular weight excluding hydrogens is 345 g/mol. The lowest BCUT2D eigenvalue weighted by atomic mass is 10.1. The molecule has 0 saturated heterocycles. The van der Waals surface area contributed by atoms with Crippen LogP contribution in [0.15, 0.2) is 51.9 Å². The molecule has 0 fully saturated rings. The molecule has 0 spiro atoms. The van der Waals surface area contributed by atoms with Crippen molar-refractivity contribution in [3.05, 3.63) is 65.3 Å². The third-order valence-corrected chi connectivity index (χ3v) is 5.26. The van der Waals surface area contributed by atoms with Crippen LogP contribution >= 0.6 is 0 Å². The Morgan fingerprint density at radius 3 is 2.60 bits per heavy atom. The third-order valence-electron chi connectivity index (χ3n) is 3.69. The minimum Gasteiger partial charge on any atom is -0.338 e. The molecule has 0 amide bonds. The van der Waals surface area contributed by atoms with Gasteiger partial charge in [-0.05, 0) is 43.2 Å². The molecule has 6 nitrogen and oxygen atoms in total. The zero-order chi connectivity index (χ0) is 18.0. The first-order chi connectivity index (χ1) is 11.9. The number of sulfonamides is 1. The highest BCUT2D eigenvalue weighted by Crippen LogP contribution is 2.20. The van der Waals surface area contributed by atoms with Gasteiger partial charge in [-0.25, -0.2) is 17.5 Å².